The molecule has 2 aromatic rings. The number of anilines is 1. The average Bonchev–Trinajstić information content (AvgIpc) is 2.42. The van der Waals surface area contributed by atoms with Gasteiger partial charge in [-0.3, -0.25) is 4.72 Å². The van der Waals surface area contributed by atoms with Gasteiger partial charge in [0.05, 0.1) is 5.69 Å². The summed E-state index contributed by atoms with van der Waals surface area (Å²) in [6.45, 7) is 2.50. The molecular formula is C14H17N3O2S. The molecule has 0 aliphatic rings. The topological polar surface area (TPSA) is 71.1 Å². The van der Waals surface area contributed by atoms with Gasteiger partial charge in [0.15, 0.2) is 5.03 Å². The number of para-hydroxylation sites is 1. The van der Waals surface area contributed by atoms with E-state index in [-0.39, 0.29) is 5.03 Å². The summed E-state index contributed by atoms with van der Waals surface area (Å²) in [5, 5.41) is 3.00. The second-order valence-corrected chi connectivity index (χ2v) is 6.08. The largest absolute Gasteiger partial charge is 0.316 e. The summed E-state index contributed by atoms with van der Waals surface area (Å²) in [4.78, 5) is 4.00. The molecule has 0 aliphatic heterocycles. The second kappa shape index (κ2) is 6.02. The zero-order valence-electron chi connectivity index (χ0n) is 11.4. The Morgan fingerprint density at radius 1 is 1.15 bits per heavy atom. The number of benzene rings is 1. The molecule has 1 aromatic carbocycles. The molecule has 2 rings (SSSR count). The quantitative estimate of drug-likeness (QED) is 0.883. The van der Waals surface area contributed by atoms with Gasteiger partial charge in [-0.05, 0) is 37.2 Å². The molecule has 5 nitrogen and oxygen atoms in total. The SMILES string of the molecule is CNCc1ccc(S(=O)(=O)Nc2ccccc2C)nc1. The van der Waals surface area contributed by atoms with Gasteiger partial charge < -0.3 is 5.32 Å². The molecule has 0 saturated carbocycles. The Bertz CT molecular complexity index is 682. The molecule has 0 saturated heterocycles. The van der Waals surface area contributed by atoms with E-state index in [2.05, 4.69) is 15.0 Å². The number of aromatic nitrogens is 1. The lowest BCUT2D eigenvalue weighted by Gasteiger charge is -2.10. The molecule has 0 radical (unpaired) electrons. The Kier molecular flexibility index (Phi) is 4.36. The molecule has 6 heteroatoms. The van der Waals surface area contributed by atoms with E-state index >= 15 is 0 Å². The van der Waals surface area contributed by atoms with Crippen molar-refractivity contribution < 1.29 is 8.42 Å². The minimum absolute atomic E-state index is 0.0145. The first kappa shape index (κ1) is 14.5. The maximum absolute atomic E-state index is 12.2. The zero-order chi connectivity index (χ0) is 14.6. The highest BCUT2D eigenvalue weighted by atomic mass is 32.2. The molecule has 0 spiro atoms. The van der Waals surface area contributed by atoms with E-state index in [1.54, 1.807) is 24.4 Å². The standard InChI is InChI=1S/C14H17N3O2S/c1-11-5-3-4-6-13(11)17-20(18,19)14-8-7-12(9-15-2)10-16-14/h3-8,10,15,17H,9H2,1-2H3. The Hall–Kier alpha value is -1.92. The molecular weight excluding hydrogens is 274 g/mol. The van der Waals surface area contributed by atoms with Crippen molar-refractivity contribution in [2.75, 3.05) is 11.8 Å². The minimum Gasteiger partial charge on any atom is -0.316 e. The predicted octanol–water partition coefficient (Wildman–Crippen LogP) is 1.91. The van der Waals surface area contributed by atoms with Crippen LogP contribution in [0.5, 0.6) is 0 Å². The maximum Gasteiger partial charge on any atom is 0.279 e. The molecule has 0 unspecified atom stereocenters. The van der Waals surface area contributed by atoms with Crippen molar-refractivity contribution in [2.45, 2.75) is 18.5 Å². The Balaban J connectivity index is 2.24. The fourth-order valence-corrected chi connectivity index (χ4v) is 2.82. The summed E-state index contributed by atoms with van der Waals surface area (Å²) in [5.41, 5.74) is 2.36. The molecule has 20 heavy (non-hydrogen) atoms. The second-order valence-electron chi connectivity index (χ2n) is 4.46. The van der Waals surface area contributed by atoms with E-state index in [4.69, 9.17) is 0 Å². The van der Waals surface area contributed by atoms with Crippen LogP contribution in [0.15, 0.2) is 47.6 Å². The third-order valence-corrected chi connectivity index (χ3v) is 4.12. The fraction of sp³-hybridized carbons (Fsp3) is 0.214. The highest BCUT2D eigenvalue weighted by molar-refractivity contribution is 7.92. The van der Waals surface area contributed by atoms with Gasteiger partial charge in [-0.1, -0.05) is 24.3 Å². The van der Waals surface area contributed by atoms with Crippen molar-refractivity contribution in [1.82, 2.24) is 10.3 Å². The summed E-state index contributed by atoms with van der Waals surface area (Å²) >= 11 is 0. The third-order valence-electron chi connectivity index (χ3n) is 2.84. The van der Waals surface area contributed by atoms with Crippen LogP contribution in [0.1, 0.15) is 11.1 Å². The van der Waals surface area contributed by atoms with Crippen molar-refractivity contribution in [2.24, 2.45) is 0 Å². The number of hydrogen-bond donors (Lipinski definition) is 2. The van der Waals surface area contributed by atoms with Gasteiger partial charge in [-0.25, -0.2) is 4.98 Å². The van der Waals surface area contributed by atoms with Crippen LogP contribution in [0, 0.1) is 6.92 Å². The number of pyridine rings is 1. The maximum atomic E-state index is 12.2. The van der Waals surface area contributed by atoms with E-state index < -0.39 is 10.0 Å². The van der Waals surface area contributed by atoms with Crippen LogP contribution in [0.4, 0.5) is 5.69 Å². The molecule has 0 aliphatic carbocycles. The van der Waals surface area contributed by atoms with Gasteiger partial charge in [0.25, 0.3) is 10.0 Å². The van der Waals surface area contributed by atoms with Crippen molar-refractivity contribution in [3.8, 4) is 0 Å². The first-order valence-electron chi connectivity index (χ1n) is 6.21. The number of nitrogens with one attached hydrogen (secondary N) is 2. The normalized spacial score (nSPS) is 11.3. The fourth-order valence-electron chi connectivity index (χ4n) is 1.76. The van der Waals surface area contributed by atoms with Crippen molar-refractivity contribution >= 4 is 15.7 Å². The number of rotatable bonds is 5. The first-order chi connectivity index (χ1) is 9.53. The van der Waals surface area contributed by atoms with Crippen LogP contribution < -0.4 is 10.0 Å². The van der Waals surface area contributed by atoms with Crippen LogP contribution in [0.2, 0.25) is 0 Å². The van der Waals surface area contributed by atoms with Crippen LogP contribution >= 0.6 is 0 Å². The molecule has 0 amide bonds. The van der Waals surface area contributed by atoms with Gasteiger partial charge in [0, 0.05) is 12.7 Å². The summed E-state index contributed by atoms with van der Waals surface area (Å²) < 4.78 is 27.0. The smallest absolute Gasteiger partial charge is 0.279 e. The van der Waals surface area contributed by atoms with E-state index in [9.17, 15) is 8.42 Å². The molecule has 1 heterocycles. The lowest BCUT2D eigenvalue weighted by Crippen LogP contribution is -2.15. The summed E-state index contributed by atoms with van der Waals surface area (Å²) in [6.07, 6.45) is 1.56. The number of sulfonamides is 1. The number of hydrogen-bond acceptors (Lipinski definition) is 4. The lowest BCUT2D eigenvalue weighted by molar-refractivity contribution is 0.597. The van der Waals surface area contributed by atoms with Crippen molar-refractivity contribution in [3.63, 3.8) is 0 Å². The van der Waals surface area contributed by atoms with Crippen LogP contribution in [-0.2, 0) is 16.6 Å². The summed E-state index contributed by atoms with van der Waals surface area (Å²) in [5.74, 6) is 0. The minimum atomic E-state index is -3.65. The summed E-state index contributed by atoms with van der Waals surface area (Å²) in [6, 6.07) is 10.5. The highest BCUT2D eigenvalue weighted by Gasteiger charge is 2.16. The molecule has 0 bridgehead atoms. The van der Waals surface area contributed by atoms with Crippen molar-refractivity contribution in [3.05, 3.63) is 53.7 Å². The molecule has 1 aromatic heterocycles. The zero-order valence-corrected chi connectivity index (χ0v) is 12.2. The van der Waals surface area contributed by atoms with Gasteiger partial charge in [0.2, 0.25) is 0 Å². The van der Waals surface area contributed by atoms with E-state index in [0.29, 0.717) is 12.2 Å². The van der Waals surface area contributed by atoms with Crippen LogP contribution in [0.3, 0.4) is 0 Å². The first-order valence-corrected chi connectivity index (χ1v) is 7.69. The van der Waals surface area contributed by atoms with Gasteiger partial charge in [-0.15, -0.1) is 0 Å². The molecule has 0 fully saturated rings. The van der Waals surface area contributed by atoms with E-state index in [1.807, 2.05) is 26.1 Å². The van der Waals surface area contributed by atoms with Crippen LogP contribution in [-0.4, -0.2) is 20.4 Å². The summed E-state index contributed by atoms with van der Waals surface area (Å²) in [7, 11) is -1.83. The Morgan fingerprint density at radius 3 is 2.50 bits per heavy atom. The Morgan fingerprint density at radius 2 is 1.90 bits per heavy atom. The van der Waals surface area contributed by atoms with Gasteiger partial charge in [0.1, 0.15) is 0 Å². The van der Waals surface area contributed by atoms with Crippen molar-refractivity contribution in [1.29, 1.82) is 0 Å². The highest BCUT2D eigenvalue weighted by Crippen LogP contribution is 2.18. The monoisotopic (exact) mass is 291 g/mol. The van der Waals surface area contributed by atoms with Gasteiger partial charge >= 0.3 is 0 Å². The lowest BCUT2D eigenvalue weighted by atomic mass is 10.2. The predicted molar refractivity (Wildman–Crippen MR) is 79.0 cm³/mol. The third kappa shape index (κ3) is 3.34. The van der Waals surface area contributed by atoms with Crippen LogP contribution in [0.25, 0.3) is 0 Å². The molecule has 2 N–H and O–H groups in total. The number of aryl methyl sites for hydroxylation is 1. The average molecular weight is 291 g/mol. The van der Waals surface area contributed by atoms with Gasteiger partial charge in [-0.2, -0.15) is 8.42 Å². The molecule has 106 valence electrons. The van der Waals surface area contributed by atoms with E-state index in [0.717, 1.165) is 11.1 Å². The van der Waals surface area contributed by atoms with E-state index in [1.165, 1.54) is 6.07 Å². The number of nitrogens with zero attached hydrogens (tertiary/aromatic N) is 1. The molecule has 0 atom stereocenters. The Labute approximate surface area is 119 Å².